The maximum absolute atomic E-state index is 12.8. The largest absolute Gasteiger partial charge is 0.472 e. The van der Waals surface area contributed by atoms with Crippen molar-refractivity contribution in [2.45, 2.75) is 243 Å². The number of aliphatic hydroxyl groups excluding tert-OH is 5. The second-order valence-electron chi connectivity index (χ2n) is 16.6. The number of phosphoric acid groups is 1. The number of esters is 2. The fourth-order valence-electron chi connectivity index (χ4n) is 7.22. The Bertz CT molecular complexity index is 1150. The van der Waals surface area contributed by atoms with E-state index in [2.05, 4.69) is 38.2 Å². The van der Waals surface area contributed by atoms with Crippen molar-refractivity contribution in [1.82, 2.24) is 0 Å². The molecule has 0 heterocycles. The van der Waals surface area contributed by atoms with Crippen molar-refractivity contribution < 1.29 is 63.1 Å². The van der Waals surface area contributed by atoms with E-state index in [1.165, 1.54) is 96.3 Å². The van der Waals surface area contributed by atoms with Crippen LogP contribution in [0.1, 0.15) is 200 Å². The summed E-state index contributed by atoms with van der Waals surface area (Å²) in [5, 5.41) is 50.1. The second kappa shape index (κ2) is 36.8. The summed E-state index contributed by atoms with van der Waals surface area (Å²) in [6, 6.07) is 0. The van der Waals surface area contributed by atoms with Gasteiger partial charge >= 0.3 is 19.8 Å². The zero-order valence-corrected chi connectivity index (χ0v) is 38.2. The molecule has 0 radical (unpaired) electrons. The first-order valence-electron chi connectivity index (χ1n) is 23.7. The van der Waals surface area contributed by atoms with Gasteiger partial charge in [-0.3, -0.25) is 18.6 Å². The Labute approximate surface area is 362 Å². The zero-order valence-electron chi connectivity index (χ0n) is 37.3. The number of carbonyl (C=O) groups excluding carboxylic acids is 2. The highest BCUT2D eigenvalue weighted by Gasteiger charge is 2.51. The molecule has 1 aliphatic carbocycles. The predicted octanol–water partition coefficient (Wildman–Crippen LogP) is 9.23. The highest BCUT2D eigenvalue weighted by atomic mass is 31.2. The van der Waals surface area contributed by atoms with Crippen LogP contribution in [0.3, 0.4) is 0 Å². The Hall–Kier alpha value is -1.67. The number of allylic oxidation sites excluding steroid dienone is 4. The number of hydrogen-bond donors (Lipinski definition) is 6. The van der Waals surface area contributed by atoms with E-state index in [1.54, 1.807) is 0 Å². The van der Waals surface area contributed by atoms with Gasteiger partial charge in [0.1, 0.15) is 43.2 Å². The number of hydrogen-bond acceptors (Lipinski definition) is 12. The second-order valence-corrected chi connectivity index (χ2v) is 18.1. The monoisotopic (exact) mass is 877 g/mol. The lowest BCUT2D eigenvalue weighted by Gasteiger charge is -2.41. The molecule has 0 bridgehead atoms. The van der Waals surface area contributed by atoms with E-state index in [9.17, 15) is 44.6 Å². The Morgan fingerprint density at radius 1 is 0.517 bits per heavy atom. The Balaban J connectivity index is 2.45. The number of carbonyl (C=O) groups is 2. The van der Waals surface area contributed by atoms with E-state index in [0.717, 1.165) is 64.2 Å². The molecule has 352 valence electrons. The van der Waals surface area contributed by atoms with E-state index in [0.29, 0.717) is 12.8 Å². The van der Waals surface area contributed by atoms with Crippen LogP contribution in [0.2, 0.25) is 0 Å². The molecule has 6 N–H and O–H groups in total. The fourth-order valence-corrected chi connectivity index (χ4v) is 8.19. The summed E-state index contributed by atoms with van der Waals surface area (Å²) in [6.07, 6.45) is 26.5. The van der Waals surface area contributed by atoms with Gasteiger partial charge in [0.15, 0.2) is 6.10 Å². The van der Waals surface area contributed by atoms with Gasteiger partial charge in [0.05, 0.1) is 6.61 Å². The summed E-state index contributed by atoms with van der Waals surface area (Å²) in [4.78, 5) is 35.7. The van der Waals surface area contributed by atoms with Crippen LogP contribution in [-0.2, 0) is 32.7 Å². The molecule has 0 aromatic rings. The quantitative estimate of drug-likeness (QED) is 0.0147. The van der Waals surface area contributed by atoms with Crippen molar-refractivity contribution >= 4 is 19.8 Å². The van der Waals surface area contributed by atoms with Crippen LogP contribution < -0.4 is 0 Å². The molecule has 14 heteroatoms. The number of aliphatic hydroxyl groups is 5. The lowest BCUT2D eigenvalue weighted by Crippen LogP contribution is -2.64. The van der Waals surface area contributed by atoms with Gasteiger partial charge in [-0.2, -0.15) is 0 Å². The third kappa shape index (κ3) is 28.8. The van der Waals surface area contributed by atoms with Crippen molar-refractivity contribution in [1.29, 1.82) is 0 Å². The minimum Gasteiger partial charge on any atom is -0.462 e. The summed E-state index contributed by atoms with van der Waals surface area (Å²) < 4.78 is 33.5. The molecule has 0 amide bonds. The third-order valence-corrected chi connectivity index (χ3v) is 12.1. The van der Waals surface area contributed by atoms with Gasteiger partial charge in [-0.15, -0.1) is 0 Å². The van der Waals surface area contributed by atoms with Crippen molar-refractivity contribution in [3.05, 3.63) is 24.3 Å². The first-order chi connectivity index (χ1) is 28.9. The van der Waals surface area contributed by atoms with Crippen LogP contribution in [-0.4, -0.2) is 98.3 Å². The topological polar surface area (TPSA) is 210 Å². The molecule has 13 nitrogen and oxygen atoms in total. The third-order valence-electron chi connectivity index (χ3n) is 11.1. The molecular formula is C46H85O13P. The lowest BCUT2D eigenvalue weighted by atomic mass is 9.85. The van der Waals surface area contributed by atoms with Crippen LogP contribution >= 0.6 is 7.82 Å². The molecule has 0 spiro atoms. The van der Waals surface area contributed by atoms with Crippen molar-refractivity contribution in [2.24, 2.45) is 0 Å². The van der Waals surface area contributed by atoms with Crippen molar-refractivity contribution in [2.75, 3.05) is 13.2 Å². The molecule has 60 heavy (non-hydrogen) atoms. The van der Waals surface area contributed by atoms with Crippen molar-refractivity contribution in [3.8, 4) is 0 Å². The maximum atomic E-state index is 12.8. The molecule has 1 rings (SSSR count). The molecule has 6 unspecified atom stereocenters. The Morgan fingerprint density at radius 3 is 1.33 bits per heavy atom. The maximum Gasteiger partial charge on any atom is 0.472 e. The fraction of sp³-hybridized carbons (Fsp3) is 0.870. The minimum atomic E-state index is -5.12. The number of unbranched alkanes of at least 4 members (excludes halogenated alkanes) is 24. The minimum absolute atomic E-state index is 0.0976. The molecule has 1 saturated carbocycles. The first kappa shape index (κ1) is 56.3. The van der Waals surface area contributed by atoms with Crippen LogP contribution in [0.25, 0.3) is 0 Å². The molecule has 0 aliphatic heterocycles. The molecule has 8 atom stereocenters. The zero-order chi connectivity index (χ0) is 44.3. The van der Waals surface area contributed by atoms with E-state index in [1.807, 2.05) is 0 Å². The van der Waals surface area contributed by atoms with Crippen LogP contribution in [0.5, 0.6) is 0 Å². The van der Waals surface area contributed by atoms with Crippen LogP contribution in [0, 0.1) is 0 Å². The highest BCUT2D eigenvalue weighted by Crippen LogP contribution is 2.47. The van der Waals surface area contributed by atoms with Gasteiger partial charge in [-0.25, -0.2) is 4.57 Å². The van der Waals surface area contributed by atoms with Gasteiger partial charge in [0.25, 0.3) is 0 Å². The van der Waals surface area contributed by atoms with Gasteiger partial charge < -0.3 is 39.9 Å². The molecule has 0 saturated heterocycles. The van der Waals surface area contributed by atoms with Gasteiger partial charge in [0.2, 0.25) is 0 Å². The summed E-state index contributed by atoms with van der Waals surface area (Å²) in [7, 11) is -5.12. The lowest BCUT2D eigenvalue weighted by molar-refractivity contribution is -0.220. The van der Waals surface area contributed by atoms with E-state index >= 15 is 0 Å². The summed E-state index contributed by atoms with van der Waals surface area (Å²) in [5.41, 5.74) is 0. The highest BCUT2D eigenvalue weighted by molar-refractivity contribution is 7.47. The van der Waals surface area contributed by atoms with Gasteiger partial charge in [-0.1, -0.05) is 173 Å². The van der Waals surface area contributed by atoms with Crippen LogP contribution in [0.15, 0.2) is 24.3 Å². The number of ether oxygens (including phenoxy) is 2. The van der Waals surface area contributed by atoms with E-state index < -0.39 is 75.7 Å². The average Bonchev–Trinajstić information content (AvgIpc) is 3.23. The molecule has 1 aliphatic rings. The number of rotatable bonds is 39. The predicted molar refractivity (Wildman–Crippen MR) is 235 cm³/mol. The average molecular weight is 877 g/mol. The van der Waals surface area contributed by atoms with E-state index in [4.69, 9.17) is 18.5 Å². The smallest absolute Gasteiger partial charge is 0.462 e. The normalized spacial score (nSPS) is 22.3. The first-order valence-corrected chi connectivity index (χ1v) is 25.2. The SMILES string of the molecule is CCCCCC/C=C/C=C/CCCCCCCC(=O)OC[C@H](COP(=O)(O)OC1C(O)C(O)C(O)[C@@H](O)C1O)OC(=O)CCCCCCCCCCCCCCCCCC. The van der Waals surface area contributed by atoms with E-state index in [-0.39, 0.29) is 12.8 Å². The van der Waals surface area contributed by atoms with Crippen molar-refractivity contribution in [3.63, 3.8) is 0 Å². The standard InChI is InChI=1S/C46H85O13P/c1-3-5-7-9-11-13-15-17-19-21-23-25-27-29-31-33-35-40(48)58-38(37-57-60(54,55)59-46-44(52)42(50)41(49)43(51)45(46)53)36-56-39(47)34-32-30-28-26-24-22-20-18-16-14-12-10-8-6-4-2/h14,16,18,20,38,41-46,49-53H,3-13,15,17,19,21-37H2,1-2H3,(H,54,55)/b16-14+,20-18+/t38-,41?,42-,43?,44?,45?,46?/m1/s1. The van der Waals surface area contributed by atoms with Crippen LogP contribution in [0.4, 0.5) is 0 Å². The molecule has 0 aromatic heterocycles. The molecular weight excluding hydrogens is 791 g/mol. The summed E-state index contributed by atoms with van der Waals surface area (Å²) in [5.74, 6) is -1.11. The van der Waals surface area contributed by atoms with Gasteiger partial charge in [-0.05, 0) is 38.5 Å². The molecule has 0 aromatic carbocycles. The molecule has 1 fully saturated rings. The summed E-state index contributed by atoms with van der Waals surface area (Å²) in [6.45, 7) is 3.28. The Morgan fingerprint density at radius 2 is 0.883 bits per heavy atom. The Kier molecular flexibility index (Phi) is 34.5. The summed E-state index contributed by atoms with van der Waals surface area (Å²) >= 11 is 0. The van der Waals surface area contributed by atoms with Gasteiger partial charge in [0, 0.05) is 12.8 Å². The number of phosphoric ester groups is 1.